The van der Waals surface area contributed by atoms with Crippen molar-refractivity contribution in [2.45, 2.75) is 6.18 Å². The third kappa shape index (κ3) is 6.41. The Morgan fingerprint density at radius 3 is 2.31 bits per heavy atom. The number of sulfonamides is 1. The molecule has 0 aliphatic rings. The van der Waals surface area contributed by atoms with Crippen molar-refractivity contribution in [2.24, 2.45) is 0 Å². The molecule has 13 heteroatoms. The largest absolute Gasteiger partial charge is 0.457 e. The number of thiophene rings is 1. The van der Waals surface area contributed by atoms with Crippen LogP contribution in [0.15, 0.2) is 60.7 Å². The molecule has 0 bridgehead atoms. The van der Waals surface area contributed by atoms with Crippen LogP contribution in [0.5, 0.6) is 11.5 Å². The number of benzene rings is 3. The first-order chi connectivity index (χ1) is 16.8. The van der Waals surface area contributed by atoms with Crippen molar-refractivity contribution in [3.63, 3.8) is 0 Å². The molecule has 188 valence electrons. The van der Waals surface area contributed by atoms with Crippen LogP contribution in [0.2, 0.25) is 10.0 Å². The number of fused-ring (bicyclic) bond motifs is 1. The van der Waals surface area contributed by atoms with Gasteiger partial charge in [-0.15, -0.1) is 11.3 Å². The minimum Gasteiger partial charge on any atom is -0.457 e. The molecule has 0 saturated heterocycles. The van der Waals surface area contributed by atoms with Gasteiger partial charge in [-0.25, -0.2) is 8.42 Å². The topological polar surface area (TPSA) is 84.5 Å². The van der Waals surface area contributed by atoms with Crippen molar-refractivity contribution in [2.75, 3.05) is 16.3 Å². The minimum atomic E-state index is -4.46. The van der Waals surface area contributed by atoms with Gasteiger partial charge < -0.3 is 10.1 Å². The third-order valence-electron chi connectivity index (χ3n) is 4.67. The summed E-state index contributed by atoms with van der Waals surface area (Å²) in [4.78, 5) is 13.2. The van der Waals surface area contributed by atoms with Crippen molar-refractivity contribution >= 4 is 71.9 Å². The second-order valence-electron chi connectivity index (χ2n) is 7.61. The Kier molecular flexibility index (Phi) is 7.11. The Morgan fingerprint density at radius 1 is 0.972 bits per heavy atom. The first-order valence-corrected chi connectivity index (χ1v) is 13.4. The Bertz CT molecular complexity index is 1570. The lowest BCUT2D eigenvalue weighted by molar-refractivity contribution is -0.137. The van der Waals surface area contributed by atoms with Gasteiger partial charge in [0.1, 0.15) is 11.5 Å². The molecule has 1 amide bonds. The van der Waals surface area contributed by atoms with E-state index in [-0.39, 0.29) is 27.2 Å². The lowest BCUT2D eigenvalue weighted by atomic mass is 10.2. The maximum absolute atomic E-state index is 12.9. The fraction of sp³-hybridized carbons (Fsp3) is 0.0870. The van der Waals surface area contributed by atoms with Crippen LogP contribution >= 0.6 is 34.5 Å². The van der Waals surface area contributed by atoms with Crippen molar-refractivity contribution in [3.8, 4) is 11.5 Å². The third-order valence-corrected chi connectivity index (χ3v) is 6.89. The molecular formula is C23H15Cl2F3N2O4S2. The number of amides is 1. The number of rotatable bonds is 6. The molecule has 1 aromatic heterocycles. The van der Waals surface area contributed by atoms with E-state index in [1.54, 1.807) is 12.1 Å². The molecular weight excluding hydrogens is 560 g/mol. The number of carbonyl (C=O) groups excluding carboxylic acids is 1. The molecule has 4 aromatic rings. The molecule has 0 fully saturated rings. The van der Waals surface area contributed by atoms with Crippen LogP contribution < -0.4 is 14.8 Å². The average Bonchev–Trinajstić information content (AvgIpc) is 3.15. The van der Waals surface area contributed by atoms with Crippen molar-refractivity contribution in [1.82, 2.24) is 0 Å². The monoisotopic (exact) mass is 574 g/mol. The van der Waals surface area contributed by atoms with E-state index in [1.807, 2.05) is 0 Å². The zero-order valence-corrected chi connectivity index (χ0v) is 21.3. The van der Waals surface area contributed by atoms with Gasteiger partial charge in [0.25, 0.3) is 5.91 Å². The van der Waals surface area contributed by atoms with E-state index < -0.39 is 27.7 Å². The number of alkyl halides is 3. The smallest absolute Gasteiger partial charge is 0.416 e. The molecule has 0 aliphatic heterocycles. The van der Waals surface area contributed by atoms with Crippen LogP contribution in [-0.4, -0.2) is 20.6 Å². The lowest BCUT2D eigenvalue weighted by Crippen LogP contribution is -2.10. The second-order valence-corrected chi connectivity index (χ2v) is 11.3. The van der Waals surface area contributed by atoms with Gasteiger partial charge in [0.15, 0.2) is 0 Å². The van der Waals surface area contributed by atoms with Gasteiger partial charge in [0.2, 0.25) is 10.0 Å². The minimum absolute atomic E-state index is 0.155. The number of anilines is 2. The van der Waals surface area contributed by atoms with Crippen LogP contribution in [0.1, 0.15) is 15.2 Å². The van der Waals surface area contributed by atoms with Crippen LogP contribution in [0.3, 0.4) is 0 Å². The number of hydrogen-bond donors (Lipinski definition) is 2. The molecule has 36 heavy (non-hydrogen) atoms. The zero-order chi connectivity index (χ0) is 26.3. The van der Waals surface area contributed by atoms with Crippen LogP contribution in [0.25, 0.3) is 10.1 Å². The molecule has 1 heterocycles. The highest BCUT2D eigenvalue weighted by atomic mass is 35.5. The Hall–Kier alpha value is -2.99. The van der Waals surface area contributed by atoms with Crippen molar-refractivity contribution in [1.29, 1.82) is 0 Å². The molecule has 0 unspecified atom stereocenters. The van der Waals surface area contributed by atoms with Gasteiger partial charge in [-0.3, -0.25) is 9.52 Å². The highest BCUT2D eigenvalue weighted by Gasteiger charge is 2.30. The Morgan fingerprint density at radius 2 is 1.67 bits per heavy atom. The predicted molar refractivity (Wildman–Crippen MR) is 136 cm³/mol. The summed E-state index contributed by atoms with van der Waals surface area (Å²) in [7, 11) is -3.54. The van der Waals surface area contributed by atoms with Gasteiger partial charge in [0, 0.05) is 21.5 Å². The quantitative estimate of drug-likeness (QED) is 0.248. The summed E-state index contributed by atoms with van der Waals surface area (Å²) < 4.78 is 69.9. The zero-order valence-electron chi connectivity index (χ0n) is 18.1. The lowest BCUT2D eigenvalue weighted by Gasteiger charge is -2.11. The van der Waals surface area contributed by atoms with Gasteiger partial charge in [0.05, 0.1) is 27.4 Å². The predicted octanol–water partition coefficient (Wildman–Crippen LogP) is 7.64. The first-order valence-electron chi connectivity index (χ1n) is 9.95. The number of carbonyl (C=O) groups is 1. The van der Waals surface area contributed by atoms with E-state index in [0.29, 0.717) is 20.7 Å². The van der Waals surface area contributed by atoms with E-state index in [4.69, 9.17) is 27.9 Å². The van der Waals surface area contributed by atoms with Crippen molar-refractivity contribution < 1.29 is 31.1 Å². The molecule has 0 aliphatic carbocycles. The van der Waals surface area contributed by atoms with Gasteiger partial charge in [-0.1, -0.05) is 23.2 Å². The van der Waals surface area contributed by atoms with Crippen LogP contribution in [0, 0.1) is 0 Å². The SMILES string of the molecule is CS(=O)(=O)Nc1cc2cc(C(=O)Nc3cc(Cl)cc(Oc4ccc(C(F)(F)F)cc4)c3)sc2cc1Cl. The average molecular weight is 575 g/mol. The Balaban J connectivity index is 1.53. The van der Waals surface area contributed by atoms with E-state index >= 15 is 0 Å². The standard InChI is InChI=1S/C23H15Cl2F3N2O4S2/c1-36(32,33)30-19-6-12-7-21(35-20(12)11-18(19)25)22(31)29-15-8-14(24)9-17(10-15)34-16-4-2-13(3-5-16)23(26,27)28/h2-11,30H,1H3,(H,29,31). The van der Waals surface area contributed by atoms with E-state index in [0.717, 1.165) is 29.7 Å². The van der Waals surface area contributed by atoms with Crippen LogP contribution in [-0.2, 0) is 16.2 Å². The number of ether oxygens (including phenoxy) is 1. The molecule has 4 rings (SSSR count). The molecule has 0 saturated carbocycles. The molecule has 0 atom stereocenters. The van der Waals surface area contributed by atoms with Gasteiger partial charge >= 0.3 is 6.18 Å². The molecule has 0 spiro atoms. The fourth-order valence-electron chi connectivity index (χ4n) is 3.19. The van der Waals surface area contributed by atoms with Gasteiger partial charge in [-0.05, 0) is 60.0 Å². The summed E-state index contributed by atoms with van der Waals surface area (Å²) in [6.07, 6.45) is -3.46. The fourth-order valence-corrected chi connectivity index (χ4v) is 5.29. The highest BCUT2D eigenvalue weighted by Crippen LogP contribution is 2.35. The number of halogens is 5. The van der Waals surface area contributed by atoms with Crippen molar-refractivity contribution in [3.05, 3.63) is 81.1 Å². The summed E-state index contributed by atoms with van der Waals surface area (Å²) in [5.74, 6) is -0.104. The highest BCUT2D eigenvalue weighted by molar-refractivity contribution is 7.92. The summed E-state index contributed by atoms with van der Waals surface area (Å²) in [5.41, 5.74) is -0.321. The van der Waals surface area contributed by atoms with Crippen LogP contribution in [0.4, 0.5) is 24.5 Å². The normalized spacial score (nSPS) is 11.9. The molecule has 0 radical (unpaired) electrons. The summed E-state index contributed by atoms with van der Waals surface area (Å²) >= 11 is 13.4. The molecule has 3 aromatic carbocycles. The maximum Gasteiger partial charge on any atom is 0.416 e. The maximum atomic E-state index is 12.9. The van der Waals surface area contributed by atoms with Gasteiger partial charge in [-0.2, -0.15) is 13.2 Å². The van der Waals surface area contributed by atoms with E-state index in [9.17, 15) is 26.4 Å². The Labute approximate surface area is 217 Å². The van der Waals surface area contributed by atoms with E-state index in [1.165, 1.54) is 36.4 Å². The number of hydrogen-bond acceptors (Lipinski definition) is 5. The summed E-state index contributed by atoms with van der Waals surface area (Å²) in [5, 5.41) is 3.72. The molecule has 2 N–H and O–H groups in total. The second kappa shape index (κ2) is 9.81. The van der Waals surface area contributed by atoms with E-state index in [2.05, 4.69) is 10.0 Å². The molecule has 6 nitrogen and oxygen atoms in total. The first kappa shape index (κ1) is 26.1. The summed E-state index contributed by atoms with van der Waals surface area (Å²) in [6.45, 7) is 0. The number of nitrogens with one attached hydrogen (secondary N) is 2. The summed E-state index contributed by atoms with van der Waals surface area (Å²) in [6, 6.07) is 13.2.